The third-order valence-electron chi connectivity index (χ3n) is 3.85. The first-order valence-electron chi connectivity index (χ1n) is 4.91. The number of halogens is 1. The molecule has 0 N–H and O–H groups in total. The van der Waals surface area contributed by atoms with Gasteiger partial charge in [0, 0.05) is 0 Å². The van der Waals surface area contributed by atoms with Crippen molar-refractivity contribution in [3.8, 4) is 0 Å². The van der Waals surface area contributed by atoms with Crippen LogP contribution in [0.4, 0.5) is 4.39 Å². The average molecular weight is 156 g/mol. The summed E-state index contributed by atoms with van der Waals surface area (Å²) >= 11 is 0. The zero-order valence-electron chi connectivity index (χ0n) is 7.28. The van der Waals surface area contributed by atoms with Gasteiger partial charge in [0.05, 0.1) is 0 Å². The summed E-state index contributed by atoms with van der Waals surface area (Å²) in [4.78, 5) is 0. The van der Waals surface area contributed by atoms with Crippen LogP contribution in [0.5, 0.6) is 0 Å². The monoisotopic (exact) mass is 156 g/mol. The topological polar surface area (TPSA) is 0 Å². The predicted octanol–water partition coefficient (Wildman–Crippen LogP) is 3.31. The fourth-order valence-corrected chi connectivity index (χ4v) is 2.73. The molecule has 0 aromatic carbocycles. The molecule has 11 heavy (non-hydrogen) atoms. The lowest BCUT2D eigenvalue weighted by Crippen LogP contribution is -2.02. The molecule has 3 unspecified atom stereocenters. The highest BCUT2D eigenvalue weighted by Gasteiger charge is 2.52. The maximum Gasteiger partial charge on any atom is 0.100 e. The minimum atomic E-state index is -0.480. The van der Waals surface area contributed by atoms with Crippen molar-refractivity contribution in [2.75, 3.05) is 0 Å². The zero-order chi connectivity index (χ0) is 7.90. The van der Waals surface area contributed by atoms with Crippen LogP contribution < -0.4 is 0 Å². The highest BCUT2D eigenvalue weighted by Crippen LogP contribution is 2.62. The van der Waals surface area contributed by atoms with Crippen molar-refractivity contribution in [2.24, 2.45) is 11.3 Å². The average Bonchev–Trinajstić information content (AvgIpc) is 2.71. The van der Waals surface area contributed by atoms with E-state index in [4.69, 9.17) is 0 Å². The molecule has 0 aliphatic heterocycles. The third-order valence-corrected chi connectivity index (χ3v) is 3.85. The second kappa shape index (κ2) is 2.46. The first-order chi connectivity index (χ1) is 5.27. The highest BCUT2D eigenvalue weighted by molar-refractivity contribution is 5.02. The quantitative estimate of drug-likeness (QED) is 0.546. The summed E-state index contributed by atoms with van der Waals surface area (Å²) in [5.41, 5.74) is 0.612. The first kappa shape index (κ1) is 7.57. The molecule has 0 aromatic rings. The van der Waals surface area contributed by atoms with E-state index in [0.717, 1.165) is 31.6 Å². The van der Waals surface area contributed by atoms with Gasteiger partial charge in [0.15, 0.2) is 0 Å². The lowest BCUT2D eigenvalue weighted by molar-refractivity contribution is 0.282. The molecule has 0 bridgehead atoms. The van der Waals surface area contributed by atoms with E-state index in [2.05, 4.69) is 6.92 Å². The smallest absolute Gasteiger partial charge is 0.100 e. The van der Waals surface area contributed by atoms with Crippen molar-refractivity contribution in [1.82, 2.24) is 0 Å². The molecule has 0 amide bonds. The fraction of sp³-hybridized carbons (Fsp3) is 1.00. The Morgan fingerprint density at radius 2 is 2.18 bits per heavy atom. The second-order valence-electron chi connectivity index (χ2n) is 4.33. The van der Waals surface area contributed by atoms with Gasteiger partial charge in [-0.2, -0.15) is 0 Å². The van der Waals surface area contributed by atoms with Crippen molar-refractivity contribution in [2.45, 2.75) is 51.6 Å². The first-order valence-corrected chi connectivity index (χ1v) is 4.91. The second-order valence-corrected chi connectivity index (χ2v) is 4.33. The number of alkyl halides is 1. The van der Waals surface area contributed by atoms with Gasteiger partial charge in [0.25, 0.3) is 0 Å². The van der Waals surface area contributed by atoms with Crippen molar-refractivity contribution < 1.29 is 4.39 Å². The van der Waals surface area contributed by atoms with Crippen LogP contribution in [-0.2, 0) is 0 Å². The summed E-state index contributed by atoms with van der Waals surface area (Å²) in [7, 11) is 0. The number of rotatable bonds is 1. The van der Waals surface area contributed by atoms with Gasteiger partial charge in [0.1, 0.15) is 6.17 Å². The number of hydrogen-bond donors (Lipinski definition) is 0. The molecule has 2 aliphatic carbocycles. The van der Waals surface area contributed by atoms with Crippen LogP contribution >= 0.6 is 0 Å². The van der Waals surface area contributed by atoms with Crippen LogP contribution in [0.15, 0.2) is 0 Å². The molecular formula is C10H17F. The fourth-order valence-electron chi connectivity index (χ4n) is 2.73. The molecule has 0 saturated heterocycles. The van der Waals surface area contributed by atoms with Gasteiger partial charge in [-0.25, -0.2) is 4.39 Å². The largest absolute Gasteiger partial charge is 0.247 e. The molecule has 3 atom stereocenters. The van der Waals surface area contributed by atoms with Crippen LogP contribution in [0.25, 0.3) is 0 Å². The Labute approximate surface area is 68.2 Å². The van der Waals surface area contributed by atoms with Gasteiger partial charge in [-0.15, -0.1) is 0 Å². The van der Waals surface area contributed by atoms with Gasteiger partial charge < -0.3 is 0 Å². The summed E-state index contributed by atoms with van der Waals surface area (Å²) in [5.74, 6) is 0.897. The summed E-state index contributed by atoms with van der Waals surface area (Å²) in [5, 5.41) is 0. The van der Waals surface area contributed by atoms with E-state index >= 15 is 0 Å². The van der Waals surface area contributed by atoms with Crippen molar-refractivity contribution in [1.29, 1.82) is 0 Å². The minimum Gasteiger partial charge on any atom is -0.247 e. The van der Waals surface area contributed by atoms with Crippen LogP contribution in [-0.4, -0.2) is 6.17 Å². The Morgan fingerprint density at radius 1 is 1.36 bits per heavy atom. The van der Waals surface area contributed by atoms with Crippen molar-refractivity contribution >= 4 is 0 Å². The summed E-state index contributed by atoms with van der Waals surface area (Å²) in [6.07, 6.45) is 6.20. The number of fused-ring (bicyclic) bond motifs is 1. The molecule has 0 heterocycles. The lowest BCUT2D eigenvalue weighted by atomic mass is 9.95. The van der Waals surface area contributed by atoms with Crippen LogP contribution in [0.2, 0.25) is 0 Å². The number of hydrogen-bond acceptors (Lipinski definition) is 0. The Hall–Kier alpha value is -0.0700. The zero-order valence-corrected chi connectivity index (χ0v) is 7.28. The summed E-state index contributed by atoms with van der Waals surface area (Å²) in [6, 6.07) is 0. The Balaban J connectivity index is 1.98. The highest BCUT2D eigenvalue weighted by atomic mass is 19.1. The molecule has 64 valence electrons. The molecule has 0 nitrogen and oxygen atoms in total. The Bertz CT molecular complexity index is 155. The normalized spacial score (nSPS) is 49.6. The minimum absolute atomic E-state index is 0.480. The Kier molecular flexibility index (Phi) is 1.70. The van der Waals surface area contributed by atoms with E-state index < -0.39 is 6.17 Å². The SMILES string of the molecule is CCC12CCC(F)CCC1C2. The van der Waals surface area contributed by atoms with Crippen LogP contribution in [0, 0.1) is 11.3 Å². The van der Waals surface area contributed by atoms with Crippen molar-refractivity contribution in [3.05, 3.63) is 0 Å². The molecule has 0 aromatic heterocycles. The van der Waals surface area contributed by atoms with Gasteiger partial charge in [-0.05, 0) is 43.4 Å². The van der Waals surface area contributed by atoms with E-state index in [-0.39, 0.29) is 0 Å². The van der Waals surface area contributed by atoms with E-state index in [1.807, 2.05) is 0 Å². The van der Waals surface area contributed by atoms with E-state index in [1.165, 1.54) is 12.8 Å². The standard InChI is InChI=1S/C10H17F/c1-2-10-6-5-9(11)4-3-8(10)7-10/h8-9H,2-7H2,1H3. The molecular weight excluding hydrogens is 139 g/mol. The molecule has 1 heteroatoms. The van der Waals surface area contributed by atoms with Crippen molar-refractivity contribution in [3.63, 3.8) is 0 Å². The summed E-state index contributed by atoms with van der Waals surface area (Å²) < 4.78 is 12.9. The predicted molar refractivity (Wildman–Crippen MR) is 44.2 cm³/mol. The molecule has 2 fully saturated rings. The van der Waals surface area contributed by atoms with E-state index in [1.54, 1.807) is 0 Å². The maximum atomic E-state index is 12.9. The van der Waals surface area contributed by atoms with Crippen LogP contribution in [0.3, 0.4) is 0 Å². The molecule has 2 aliphatic rings. The lowest BCUT2D eigenvalue weighted by Gasteiger charge is -2.11. The van der Waals surface area contributed by atoms with Crippen LogP contribution in [0.1, 0.15) is 45.4 Å². The third kappa shape index (κ3) is 1.19. The van der Waals surface area contributed by atoms with Gasteiger partial charge in [-0.1, -0.05) is 13.3 Å². The molecule has 2 rings (SSSR count). The van der Waals surface area contributed by atoms with Gasteiger partial charge in [0.2, 0.25) is 0 Å². The Morgan fingerprint density at radius 3 is 2.91 bits per heavy atom. The molecule has 0 radical (unpaired) electrons. The van der Waals surface area contributed by atoms with Gasteiger partial charge >= 0.3 is 0 Å². The van der Waals surface area contributed by atoms with E-state index in [9.17, 15) is 4.39 Å². The van der Waals surface area contributed by atoms with Gasteiger partial charge in [-0.3, -0.25) is 0 Å². The van der Waals surface area contributed by atoms with E-state index in [0.29, 0.717) is 5.41 Å². The maximum absolute atomic E-state index is 12.9. The molecule has 0 spiro atoms. The molecule has 2 saturated carbocycles. The summed E-state index contributed by atoms with van der Waals surface area (Å²) in [6.45, 7) is 2.26.